The molecule has 2 unspecified atom stereocenters. The first-order valence-corrected chi connectivity index (χ1v) is 8.15. The van der Waals surface area contributed by atoms with E-state index in [1.807, 2.05) is 6.07 Å². The van der Waals surface area contributed by atoms with Crippen LogP contribution in [0.5, 0.6) is 5.75 Å². The van der Waals surface area contributed by atoms with Gasteiger partial charge in [0.2, 0.25) is 0 Å². The maximum absolute atomic E-state index is 9.70. The lowest BCUT2D eigenvalue weighted by Gasteiger charge is -2.35. The number of methoxy groups -OCH3 is 1. The molecule has 2 atom stereocenters. The number of halogens is 1. The number of hydrogen-bond donors (Lipinski definition) is 0. The van der Waals surface area contributed by atoms with Crippen molar-refractivity contribution < 1.29 is 4.74 Å². The van der Waals surface area contributed by atoms with E-state index in [2.05, 4.69) is 41.1 Å². The van der Waals surface area contributed by atoms with Crippen molar-refractivity contribution in [2.75, 3.05) is 7.11 Å². The highest BCUT2D eigenvalue weighted by Crippen LogP contribution is 2.43. The maximum atomic E-state index is 9.70. The molecule has 20 heavy (non-hydrogen) atoms. The quantitative estimate of drug-likeness (QED) is 0.765. The molecule has 3 heteroatoms. The third kappa shape index (κ3) is 3.35. The summed E-state index contributed by atoms with van der Waals surface area (Å²) in [6.45, 7) is 2.24. The predicted octanol–water partition coefficient (Wildman–Crippen LogP) is 5.11. The average Bonchev–Trinajstić information content (AvgIpc) is 2.47. The van der Waals surface area contributed by atoms with Crippen LogP contribution in [-0.2, 0) is 6.42 Å². The Kier molecular flexibility index (Phi) is 5.10. The van der Waals surface area contributed by atoms with Crippen molar-refractivity contribution in [1.82, 2.24) is 0 Å². The molecule has 0 bridgehead atoms. The zero-order valence-corrected chi connectivity index (χ0v) is 13.9. The summed E-state index contributed by atoms with van der Waals surface area (Å²) >= 11 is 3.53. The summed E-state index contributed by atoms with van der Waals surface area (Å²) in [5, 5.41) is 9.70. The maximum Gasteiger partial charge on any atom is 0.133 e. The van der Waals surface area contributed by atoms with Gasteiger partial charge in [0.05, 0.1) is 23.1 Å². The molecule has 1 saturated carbocycles. The molecule has 2 nitrogen and oxygen atoms in total. The van der Waals surface area contributed by atoms with Gasteiger partial charge in [-0.25, -0.2) is 0 Å². The Morgan fingerprint density at radius 1 is 1.50 bits per heavy atom. The van der Waals surface area contributed by atoms with Crippen LogP contribution < -0.4 is 4.74 Å². The Morgan fingerprint density at radius 3 is 2.90 bits per heavy atom. The summed E-state index contributed by atoms with van der Waals surface area (Å²) in [7, 11) is 1.67. The minimum Gasteiger partial charge on any atom is -0.496 e. The van der Waals surface area contributed by atoms with E-state index in [-0.39, 0.29) is 5.41 Å². The van der Waals surface area contributed by atoms with Crippen molar-refractivity contribution in [3.05, 3.63) is 28.2 Å². The molecule has 0 aliphatic heterocycles. The average molecular weight is 336 g/mol. The highest BCUT2D eigenvalue weighted by Gasteiger charge is 2.36. The van der Waals surface area contributed by atoms with E-state index in [4.69, 9.17) is 4.74 Å². The number of nitrogens with zero attached hydrogens (tertiary/aromatic N) is 1. The molecule has 0 spiro atoms. The van der Waals surface area contributed by atoms with Gasteiger partial charge in [0, 0.05) is 0 Å². The first-order chi connectivity index (χ1) is 9.62. The minimum atomic E-state index is -0.174. The first kappa shape index (κ1) is 15.4. The van der Waals surface area contributed by atoms with E-state index in [1.165, 1.54) is 24.8 Å². The smallest absolute Gasteiger partial charge is 0.133 e. The summed E-state index contributed by atoms with van der Waals surface area (Å²) in [6.07, 6.45) is 6.58. The van der Waals surface area contributed by atoms with Crippen LogP contribution in [0.3, 0.4) is 0 Å². The largest absolute Gasteiger partial charge is 0.496 e. The Balaban J connectivity index is 2.18. The van der Waals surface area contributed by atoms with Crippen LogP contribution in [0.4, 0.5) is 0 Å². The van der Waals surface area contributed by atoms with Gasteiger partial charge in [0.25, 0.3) is 0 Å². The number of benzene rings is 1. The van der Waals surface area contributed by atoms with Gasteiger partial charge in [0.15, 0.2) is 0 Å². The topological polar surface area (TPSA) is 33.0 Å². The Labute approximate surface area is 130 Å². The zero-order chi connectivity index (χ0) is 14.6. The summed E-state index contributed by atoms with van der Waals surface area (Å²) < 4.78 is 6.23. The normalized spacial score (nSPS) is 26.0. The third-order valence-electron chi connectivity index (χ3n) is 4.52. The van der Waals surface area contributed by atoms with E-state index in [0.717, 1.165) is 29.5 Å². The minimum absolute atomic E-state index is 0.174. The number of nitriles is 1. The predicted molar refractivity (Wildman–Crippen MR) is 84.7 cm³/mol. The van der Waals surface area contributed by atoms with Crippen LogP contribution in [0.25, 0.3) is 0 Å². The van der Waals surface area contributed by atoms with E-state index >= 15 is 0 Å². The molecule has 1 aliphatic carbocycles. The van der Waals surface area contributed by atoms with Gasteiger partial charge in [-0.1, -0.05) is 32.3 Å². The molecular weight excluding hydrogens is 314 g/mol. The number of hydrogen-bond acceptors (Lipinski definition) is 2. The molecule has 1 aromatic rings. The van der Waals surface area contributed by atoms with Crippen molar-refractivity contribution in [1.29, 1.82) is 5.26 Å². The van der Waals surface area contributed by atoms with Crippen molar-refractivity contribution >= 4 is 15.9 Å². The van der Waals surface area contributed by atoms with Crippen LogP contribution in [-0.4, -0.2) is 7.11 Å². The van der Waals surface area contributed by atoms with Crippen LogP contribution in [0.15, 0.2) is 22.7 Å². The Hall–Kier alpha value is -1.01. The van der Waals surface area contributed by atoms with E-state index in [1.54, 1.807) is 7.11 Å². The van der Waals surface area contributed by atoms with Gasteiger partial charge >= 0.3 is 0 Å². The van der Waals surface area contributed by atoms with Crippen molar-refractivity contribution in [3.8, 4) is 11.8 Å². The molecule has 0 saturated heterocycles. The van der Waals surface area contributed by atoms with Gasteiger partial charge < -0.3 is 4.74 Å². The summed E-state index contributed by atoms with van der Waals surface area (Å²) in [5.41, 5.74) is 1.04. The van der Waals surface area contributed by atoms with Crippen molar-refractivity contribution in [2.45, 2.75) is 45.4 Å². The lowest BCUT2D eigenvalue weighted by molar-refractivity contribution is 0.194. The SMILES string of the molecule is CCC1CCCC(C#N)(Cc2ccc(OC)c(Br)c2)C1. The molecule has 108 valence electrons. The molecule has 1 aliphatic rings. The summed E-state index contributed by atoms with van der Waals surface area (Å²) in [6, 6.07) is 8.78. The fraction of sp³-hybridized carbons (Fsp3) is 0.588. The third-order valence-corrected chi connectivity index (χ3v) is 5.14. The Bertz CT molecular complexity index is 508. The summed E-state index contributed by atoms with van der Waals surface area (Å²) in [5.74, 6) is 1.56. The molecule has 0 aromatic heterocycles. The van der Waals surface area contributed by atoms with Gasteiger partial charge in [-0.3, -0.25) is 0 Å². The monoisotopic (exact) mass is 335 g/mol. The second kappa shape index (κ2) is 6.63. The lowest BCUT2D eigenvalue weighted by Crippen LogP contribution is -2.29. The van der Waals surface area contributed by atoms with Gasteiger partial charge in [-0.2, -0.15) is 5.26 Å². The van der Waals surface area contributed by atoms with Gasteiger partial charge in [-0.05, 0) is 58.8 Å². The van der Waals surface area contributed by atoms with Crippen molar-refractivity contribution in [3.63, 3.8) is 0 Å². The number of ether oxygens (including phenoxy) is 1. The first-order valence-electron chi connectivity index (χ1n) is 7.36. The molecule has 1 aromatic carbocycles. The molecule has 0 radical (unpaired) electrons. The van der Waals surface area contributed by atoms with Gasteiger partial charge in [-0.15, -0.1) is 0 Å². The van der Waals surface area contributed by atoms with Crippen LogP contribution in [0, 0.1) is 22.7 Å². The van der Waals surface area contributed by atoms with E-state index in [0.29, 0.717) is 5.92 Å². The summed E-state index contributed by atoms with van der Waals surface area (Å²) in [4.78, 5) is 0. The van der Waals surface area contributed by atoms with E-state index < -0.39 is 0 Å². The Morgan fingerprint density at radius 2 is 2.30 bits per heavy atom. The molecule has 0 amide bonds. The van der Waals surface area contributed by atoms with Crippen molar-refractivity contribution in [2.24, 2.45) is 11.3 Å². The standard InChI is InChI=1S/C17H22BrNO/c1-3-13-5-4-8-17(10-13,12-19)11-14-6-7-16(20-2)15(18)9-14/h6-7,9,13H,3-5,8,10-11H2,1-2H3. The molecule has 2 rings (SSSR count). The number of rotatable bonds is 4. The second-order valence-electron chi connectivity index (χ2n) is 5.91. The highest BCUT2D eigenvalue weighted by atomic mass is 79.9. The fourth-order valence-corrected chi connectivity index (χ4v) is 3.93. The van der Waals surface area contributed by atoms with Crippen LogP contribution >= 0.6 is 15.9 Å². The van der Waals surface area contributed by atoms with Gasteiger partial charge in [0.1, 0.15) is 5.75 Å². The molecule has 0 heterocycles. The molecular formula is C17H22BrNO. The molecule has 0 N–H and O–H groups in total. The molecule has 1 fully saturated rings. The highest BCUT2D eigenvalue weighted by molar-refractivity contribution is 9.10. The van der Waals surface area contributed by atoms with Crippen LogP contribution in [0.1, 0.15) is 44.6 Å². The lowest BCUT2D eigenvalue weighted by atomic mass is 9.67. The van der Waals surface area contributed by atoms with E-state index in [9.17, 15) is 5.26 Å². The fourth-order valence-electron chi connectivity index (χ4n) is 3.35. The zero-order valence-electron chi connectivity index (χ0n) is 12.3. The van der Waals surface area contributed by atoms with Crippen LogP contribution in [0.2, 0.25) is 0 Å². The second-order valence-corrected chi connectivity index (χ2v) is 6.76.